The molecular formula is C22H32N2O4. The zero-order valence-electron chi connectivity index (χ0n) is 16.7. The smallest absolute Gasteiger partial charge is 0.119 e. The first-order valence-corrected chi connectivity index (χ1v) is 9.69. The second kappa shape index (κ2) is 12.4. The first-order valence-electron chi connectivity index (χ1n) is 9.69. The molecule has 2 aromatic rings. The van der Waals surface area contributed by atoms with Gasteiger partial charge in [0.2, 0.25) is 0 Å². The van der Waals surface area contributed by atoms with E-state index in [1.807, 2.05) is 62.4 Å². The molecule has 0 fully saturated rings. The van der Waals surface area contributed by atoms with Gasteiger partial charge < -0.3 is 30.3 Å². The first kappa shape index (κ1) is 22.2. The van der Waals surface area contributed by atoms with Gasteiger partial charge >= 0.3 is 0 Å². The highest BCUT2D eigenvalue weighted by Gasteiger charge is 2.06. The number of nitrogens with one attached hydrogen (secondary N) is 2. The van der Waals surface area contributed by atoms with Crippen molar-refractivity contribution in [2.45, 2.75) is 26.1 Å². The average Bonchev–Trinajstić information content (AvgIpc) is 2.67. The Bertz CT molecular complexity index is 636. The Morgan fingerprint density at radius 1 is 0.750 bits per heavy atom. The van der Waals surface area contributed by atoms with E-state index in [1.165, 1.54) is 0 Å². The predicted molar refractivity (Wildman–Crippen MR) is 111 cm³/mol. The normalized spacial score (nSPS) is 13.1. The maximum absolute atomic E-state index is 9.96. The van der Waals surface area contributed by atoms with Gasteiger partial charge in [0.25, 0.3) is 0 Å². The molecule has 2 aromatic carbocycles. The Balaban J connectivity index is 1.47. The van der Waals surface area contributed by atoms with Gasteiger partial charge in [0.05, 0.1) is 0 Å². The van der Waals surface area contributed by atoms with Crippen LogP contribution in [0.3, 0.4) is 0 Å². The molecule has 0 aliphatic carbocycles. The predicted octanol–water partition coefficient (Wildman–Crippen LogP) is 1.66. The summed E-state index contributed by atoms with van der Waals surface area (Å²) in [4.78, 5) is 0. The molecule has 0 bridgehead atoms. The van der Waals surface area contributed by atoms with Crippen LogP contribution >= 0.6 is 0 Å². The van der Waals surface area contributed by atoms with Crippen LogP contribution in [0.1, 0.15) is 11.1 Å². The molecule has 0 saturated carbocycles. The molecule has 0 aromatic heterocycles. The molecule has 2 atom stereocenters. The topological polar surface area (TPSA) is 83.0 Å². The molecule has 0 spiro atoms. The van der Waals surface area contributed by atoms with Crippen LogP contribution in [0.15, 0.2) is 48.5 Å². The van der Waals surface area contributed by atoms with Crippen LogP contribution in [0, 0.1) is 13.8 Å². The molecule has 0 amide bonds. The number of benzene rings is 2. The number of aliphatic hydroxyl groups excluding tert-OH is 2. The van der Waals surface area contributed by atoms with Crippen molar-refractivity contribution in [3.63, 3.8) is 0 Å². The zero-order chi connectivity index (χ0) is 20.2. The SMILES string of the molecule is Cc1cccc(OC[C@H](O)CNCCNC[C@H](O)COc2cccc(C)c2)c1. The Kier molecular flexibility index (Phi) is 9.79. The van der Waals surface area contributed by atoms with E-state index >= 15 is 0 Å². The van der Waals surface area contributed by atoms with Crippen LogP contribution in [-0.4, -0.2) is 61.8 Å². The molecule has 0 heterocycles. The minimum atomic E-state index is -0.575. The third-order valence-corrected chi connectivity index (χ3v) is 4.10. The number of aliphatic hydroxyl groups is 2. The number of hydrogen-bond acceptors (Lipinski definition) is 6. The van der Waals surface area contributed by atoms with Crippen LogP contribution in [0.25, 0.3) is 0 Å². The zero-order valence-corrected chi connectivity index (χ0v) is 16.7. The summed E-state index contributed by atoms with van der Waals surface area (Å²) in [5.74, 6) is 1.53. The van der Waals surface area contributed by atoms with Gasteiger partial charge in [-0.2, -0.15) is 0 Å². The lowest BCUT2D eigenvalue weighted by molar-refractivity contribution is 0.103. The number of rotatable bonds is 13. The molecule has 2 rings (SSSR count). The standard InChI is InChI=1S/C22H32N2O4/c1-17-5-3-7-21(11-17)27-15-19(25)13-23-9-10-24-14-20(26)16-28-22-8-4-6-18(2)12-22/h3-8,11-12,19-20,23-26H,9-10,13-16H2,1-2H3/t19-,20+. The molecule has 0 aliphatic rings. The lowest BCUT2D eigenvalue weighted by atomic mass is 10.2. The van der Waals surface area contributed by atoms with Crippen LogP contribution in [0.4, 0.5) is 0 Å². The molecule has 154 valence electrons. The minimum absolute atomic E-state index is 0.249. The molecular weight excluding hydrogens is 356 g/mol. The largest absolute Gasteiger partial charge is 0.491 e. The van der Waals surface area contributed by atoms with Crippen LogP contribution in [0.5, 0.6) is 11.5 Å². The Morgan fingerprint density at radius 3 is 1.57 bits per heavy atom. The summed E-state index contributed by atoms with van der Waals surface area (Å²) in [7, 11) is 0. The Labute approximate surface area is 167 Å². The van der Waals surface area contributed by atoms with Gasteiger partial charge in [-0.25, -0.2) is 0 Å². The highest BCUT2D eigenvalue weighted by atomic mass is 16.5. The Hall–Kier alpha value is -2.12. The molecule has 0 radical (unpaired) electrons. The maximum atomic E-state index is 9.96. The van der Waals surface area contributed by atoms with E-state index in [1.54, 1.807) is 0 Å². The first-order chi connectivity index (χ1) is 13.5. The summed E-state index contributed by atoms with van der Waals surface area (Å²) < 4.78 is 11.2. The van der Waals surface area contributed by atoms with Crippen molar-refractivity contribution >= 4 is 0 Å². The summed E-state index contributed by atoms with van der Waals surface area (Å²) in [5, 5.41) is 26.2. The summed E-state index contributed by atoms with van der Waals surface area (Å²) >= 11 is 0. The second-order valence-electron chi connectivity index (χ2n) is 6.97. The minimum Gasteiger partial charge on any atom is -0.491 e. The van der Waals surface area contributed by atoms with E-state index in [0.717, 1.165) is 22.6 Å². The van der Waals surface area contributed by atoms with Crippen molar-refractivity contribution in [1.29, 1.82) is 0 Å². The summed E-state index contributed by atoms with van der Waals surface area (Å²) in [6.45, 7) is 6.78. The monoisotopic (exact) mass is 388 g/mol. The molecule has 6 heteroatoms. The van der Waals surface area contributed by atoms with Crippen LogP contribution in [0.2, 0.25) is 0 Å². The van der Waals surface area contributed by atoms with Crippen molar-refractivity contribution in [3.05, 3.63) is 59.7 Å². The van der Waals surface area contributed by atoms with Crippen molar-refractivity contribution in [2.24, 2.45) is 0 Å². The third-order valence-electron chi connectivity index (χ3n) is 4.10. The average molecular weight is 389 g/mol. The highest BCUT2D eigenvalue weighted by Crippen LogP contribution is 2.13. The van der Waals surface area contributed by atoms with Gasteiger partial charge in [-0.3, -0.25) is 0 Å². The fraction of sp³-hybridized carbons (Fsp3) is 0.455. The summed E-state index contributed by atoms with van der Waals surface area (Å²) in [5.41, 5.74) is 2.25. The number of hydrogen-bond donors (Lipinski definition) is 4. The second-order valence-corrected chi connectivity index (χ2v) is 6.97. The Morgan fingerprint density at radius 2 is 1.18 bits per heavy atom. The van der Waals surface area contributed by atoms with Crippen LogP contribution in [-0.2, 0) is 0 Å². The van der Waals surface area contributed by atoms with Gasteiger partial charge in [-0.05, 0) is 49.2 Å². The fourth-order valence-electron chi connectivity index (χ4n) is 2.63. The van der Waals surface area contributed by atoms with Gasteiger partial charge in [-0.1, -0.05) is 24.3 Å². The van der Waals surface area contributed by atoms with Crippen molar-refractivity contribution in [3.8, 4) is 11.5 Å². The van der Waals surface area contributed by atoms with Gasteiger partial charge in [0, 0.05) is 26.2 Å². The van der Waals surface area contributed by atoms with E-state index < -0.39 is 12.2 Å². The van der Waals surface area contributed by atoms with Crippen molar-refractivity contribution in [1.82, 2.24) is 10.6 Å². The van der Waals surface area contributed by atoms with Crippen molar-refractivity contribution < 1.29 is 19.7 Å². The quantitative estimate of drug-likeness (QED) is 0.391. The third kappa shape index (κ3) is 9.19. The van der Waals surface area contributed by atoms with E-state index in [2.05, 4.69) is 10.6 Å². The molecule has 0 saturated heterocycles. The van der Waals surface area contributed by atoms with Gasteiger partial charge in [-0.15, -0.1) is 0 Å². The van der Waals surface area contributed by atoms with E-state index in [9.17, 15) is 10.2 Å². The lowest BCUT2D eigenvalue weighted by Gasteiger charge is -2.15. The summed E-state index contributed by atoms with van der Waals surface area (Å²) in [6, 6.07) is 15.5. The molecule has 0 aliphatic heterocycles. The van der Waals surface area contributed by atoms with Crippen LogP contribution < -0.4 is 20.1 Å². The molecule has 0 unspecified atom stereocenters. The van der Waals surface area contributed by atoms with E-state index in [-0.39, 0.29) is 13.2 Å². The molecule has 28 heavy (non-hydrogen) atoms. The van der Waals surface area contributed by atoms with Crippen molar-refractivity contribution in [2.75, 3.05) is 39.4 Å². The summed E-state index contributed by atoms with van der Waals surface area (Å²) in [6.07, 6.45) is -1.15. The van der Waals surface area contributed by atoms with E-state index in [0.29, 0.717) is 26.2 Å². The number of ether oxygens (including phenoxy) is 2. The van der Waals surface area contributed by atoms with E-state index in [4.69, 9.17) is 9.47 Å². The van der Waals surface area contributed by atoms with Gasteiger partial charge in [0.15, 0.2) is 0 Å². The molecule has 4 N–H and O–H groups in total. The number of aryl methyl sites for hydroxylation is 2. The fourth-order valence-corrected chi connectivity index (χ4v) is 2.63. The van der Waals surface area contributed by atoms with Gasteiger partial charge in [0.1, 0.15) is 36.9 Å². The lowest BCUT2D eigenvalue weighted by Crippen LogP contribution is -2.38. The molecule has 6 nitrogen and oxygen atoms in total. The maximum Gasteiger partial charge on any atom is 0.119 e. The highest BCUT2D eigenvalue weighted by molar-refractivity contribution is 5.28.